The number of carbonyl (C=O) groups is 1. The normalized spacial score (nSPS) is 15.5. The van der Waals surface area contributed by atoms with Gasteiger partial charge in [0.15, 0.2) is 0 Å². The second-order valence-corrected chi connectivity index (χ2v) is 22.6. The summed E-state index contributed by atoms with van der Waals surface area (Å²) in [5.41, 5.74) is 6.59. The molecule has 0 bridgehead atoms. The summed E-state index contributed by atoms with van der Waals surface area (Å²) in [6.07, 6.45) is 0.742. The molecule has 0 saturated carbocycles. The SMILES string of the molecule is O=C1C(P(Br)(c2ccccc2)(c2ccccc2)c2ccc(-c3ccccc3)c(-c3ccccc3)c2-c2ccccc2)CCN1Cc1cccs1. The molecule has 7 aromatic rings. The molecule has 1 aliphatic rings. The number of hydrogen-bond donors (Lipinski definition) is 0. The zero-order valence-corrected chi connectivity index (χ0v) is 30.9. The van der Waals surface area contributed by atoms with Gasteiger partial charge >= 0.3 is 308 Å². The van der Waals surface area contributed by atoms with E-state index in [1.54, 1.807) is 11.3 Å². The molecule has 0 aliphatic carbocycles. The summed E-state index contributed by atoms with van der Waals surface area (Å²) in [6.45, 7) is 1.34. The van der Waals surface area contributed by atoms with Gasteiger partial charge in [-0.2, -0.15) is 0 Å². The molecule has 8 rings (SSSR count). The molecule has 1 aromatic heterocycles. The van der Waals surface area contributed by atoms with E-state index >= 15 is 4.79 Å². The standard InChI is InChI=1S/C45H37BrNOPS/c46-49(37-23-12-4-13-24-37,38-25-14-5-15-26-38,42-30-31-47(45(42)48)33-39-27-16-32-50-39)41-29-28-40(34-17-6-1-7-18-34)43(35-19-8-2-9-20-35)44(41)36-21-10-3-11-22-36/h1-29,32,42H,30-31,33H2. The Kier molecular flexibility index (Phi) is 8.87. The van der Waals surface area contributed by atoms with Crippen LogP contribution in [0.4, 0.5) is 0 Å². The average molecular weight is 751 g/mol. The molecule has 2 heterocycles. The van der Waals surface area contributed by atoms with E-state index in [0.717, 1.165) is 44.8 Å². The second-order valence-electron chi connectivity index (χ2n) is 12.9. The van der Waals surface area contributed by atoms with Crippen LogP contribution in [-0.2, 0) is 11.3 Å². The second kappa shape index (κ2) is 13.6. The molecule has 5 heteroatoms. The molecule has 2 nitrogen and oxygen atoms in total. The number of rotatable bonds is 9. The monoisotopic (exact) mass is 749 g/mol. The van der Waals surface area contributed by atoms with Crippen LogP contribution in [0.15, 0.2) is 181 Å². The zero-order valence-electron chi connectivity index (χ0n) is 27.6. The van der Waals surface area contributed by atoms with Gasteiger partial charge in [0.05, 0.1) is 0 Å². The van der Waals surface area contributed by atoms with Gasteiger partial charge in [-0.25, -0.2) is 0 Å². The molecule has 0 N–H and O–H groups in total. The van der Waals surface area contributed by atoms with Gasteiger partial charge in [0.2, 0.25) is 0 Å². The number of hydrogen-bond acceptors (Lipinski definition) is 2. The molecular weight excluding hydrogens is 713 g/mol. The summed E-state index contributed by atoms with van der Waals surface area (Å²) in [6, 6.07) is 62.7. The molecule has 1 unspecified atom stereocenters. The summed E-state index contributed by atoms with van der Waals surface area (Å²) in [5, 5.41) is 1.75. The van der Waals surface area contributed by atoms with Gasteiger partial charge in [-0.05, 0) is 0 Å². The van der Waals surface area contributed by atoms with Crippen molar-refractivity contribution in [2.24, 2.45) is 0 Å². The maximum atomic E-state index is 15.2. The first-order valence-corrected chi connectivity index (χ1v) is 22.3. The third kappa shape index (κ3) is 5.38. The fourth-order valence-electron chi connectivity index (χ4n) is 7.93. The molecule has 0 spiro atoms. The predicted octanol–water partition coefficient (Wildman–Crippen LogP) is 10.7. The van der Waals surface area contributed by atoms with Crippen molar-refractivity contribution in [3.63, 3.8) is 0 Å². The first-order chi connectivity index (χ1) is 24.6. The Morgan fingerprint density at radius 2 is 1.08 bits per heavy atom. The number of halogens is 1. The molecule has 0 radical (unpaired) electrons. The third-order valence-corrected chi connectivity index (χ3v) is 21.7. The number of thiophene rings is 1. The molecule has 6 aromatic carbocycles. The zero-order chi connectivity index (χ0) is 34.0. The topological polar surface area (TPSA) is 20.3 Å². The fraction of sp³-hybridized carbons (Fsp3) is 0.0889. The minimum atomic E-state index is -3.84. The number of nitrogens with zero attached hydrogens (tertiary/aromatic N) is 1. The van der Waals surface area contributed by atoms with Gasteiger partial charge in [0.1, 0.15) is 0 Å². The molecule has 50 heavy (non-hydrogen) atoms. The summed E-state index contributed by atoms with van der Waals surface area (Å²) in [4.78, 5) is 18.5. The maximum absolute atomic E-state index is 15.2. The Balaban J connectivity index is 1.53. The van der Waals surface area contributed by atoms with E-state index in [0.29, 0.717) is 13.1 Å². The van der Waals surface area contributed by atoms with Crippen molar-refractivity contribution < 1.29 is 4.79 Å². The number of carbonyl (C=O) groups excluding carboxylic acids is 1. The van der Waals surface area contributed by atoms with E-state index in [9.17, 15) is 0 Å². The average Bonchev–Trinajstić information content (AvgIpc) is 3.85. The first-order valence-electron chi connectivity index (χ1n) is 17.1. The molecule has 1 atom stereocenters. The predicted molar refractivity (Wildman–Crippen MR) is 219 cm³/mol. The van der Waals surface area contributed by atoms with Crippen LogP contribution < -0.4 is 15.9 Å². The Morgan fingerprint density at radius 3 is 1.60 bits per heavy atom. The summed E-state index contributed by atoms with van der Waals surface area (Å²) in [5.74, 6) is 0.202. The van der Waals surface area contributed by atoms with E-state index in [1.165, 1.54) is 15.7 Å². The van der Waals surface area contributed by atoms with Crippen LogP contribution in [-0.4, -0.2) is 23.0 Å². The Hall–Kier alpha value is -4.60. The minimum absolute atomic E-state index is 0.202. The van der Waals surface area contributed by atoms with Crippen molar-refractivity contribution in [1.29, 1.82) is 0 Å². The molecule has 1 saturated heterocycles. The number of amides is 1. The Bertz CT molecular complexity index is 2190. The van der Waals surface area contributed by atoms with Crippen LogP contribution in [0.3, 0.4) is 0 Å². The molecule has 246 valence electrons. The van der Waals surface area contributed by atoms with Crippen LogP contribution >= 0.6 is 32.1 Å². The van der Waals surface area contributed by atoms with E-state index < -0.39 is 5.31 Å². The van der Waals surface area contributed by atoms with Crippen molar-refractivity contribution in [1.82, 2.24) is 4.90 Å². The third-order valence-electron chi connectivity index (χ3n) is 10.2. The summed E-state index contributed by atoms with van der Waals surface area (Å²) >= 11 is 6.52. The molecule has 1 aliphatic heterocycles. The van der Waals surface area contributed by atoms with Crippen LogP contribution in [0.25, 0.3) is 33.4 Å². The van der Waals surface area contributed by atoms with Crippen LogP contribution in [0.1, 0.15) is 11.3 Å². The Labute approximate surface area is 306 Å². The van der Waals surface area contributed by atoms with Gasteiger partial charge in [-0.15, -0.1) is 0 Å². The number of benzene rings is 6. The van der Waals surface area contributed by atoms with Crippen molar-refractivity contribution in [2.45, 2.75) is 18.6 Å². The van der Waals surface area contributed by atoms with Gasteiger partial charge in [0.25, 0.3) is 0 Å². The van der Waals surface area contributed by atoms with Gasteiger partial charge in [-0.3, -0.25) is 0 Å². The van der Waals surface area contributed by atoms with Gasteiger partial charge in [-0.1, -0.05) is 0 Å². The Morgan fingerprint density at radius 1 is 0.580 bits per heavy atom. The van der Waals surface area contributed by atoms with Crippen molar-refractivity contribution in [3.8, 4) is 33.4 Å². The van der Waals surface area contributed by atoms with Gasteiger partial charge in [0, 0.05) is 0 Å². The van der Waals surface area contributed by atoms with Crippen LogP contribution in [0.5, 0.6) is 0 Å². The first kappa shape index (κ1) is 32.6. The molecule has 1 amide bonds. The van der Waals surface area contributed by atoms with Crippen LogP contribution in [0, 0.1) is 0 Å². The summed E-state index contributed by atoms with van der Waals surface area (Å²) < 4.78 is 0. The van der Waals surface area contributed by atoms with Gasteiger partial charge < -0.3 is 0 Å². The molecular formula is C45H37BrNOPS. The number of likely N-dealkylation sites (tertiary alicyclic amines) is 1. The summed E-state index contributed by atoms with van der Waals surface area (Å²) in [7, 11) is 0. The van der Waals surface area contributed by atoms with E-state index in [1.807, 2.05) is 0 Å². The fourth-order valence-corrected chi connectivity index (χ4v) is 17.7. The van der Waals surface area contributed by atoms with E-state index in [-0.39, 0.29) is 11.6 Å². The van der Waals surface area contributed by atoms with Crippen molar-refractivity contribution >= 4 is 54.0 Å². The van der Waals surface area contributed by atoms with E-state index in [2.05, 4.69) is 186 Å². The van der Waals surface area contributed by atoms with Crippen molar-refractivity contribution in [3.05, 3.63) is 186 Å². The van der Waals surface area contributed by atoms with Crippen molar-refractivity contribution in [2.75, 3.05) is 6.54 Å². The van der Waals surface area contributed by atoms with Crippen LogP contribution in [0.2, 0.25) is 0 Å². The van der Waals surface area contributed by atoms with E-state index in [4.69, 9.17) is 15.5 Å². The quantitative estimate of drug-likeness (QED) is 0.135. The molecule has 1 fully saturated rings.